The maximum absolute atomic E-state index is 12.9. The van der Waals surface area contributed by atoms with Gasteiger partial charge in [-0.15, -0.1) is 0 Å². The molecule has 1 saturated heterocycles. The van der Waals surface area contributed by atoms with Gasteiger partial charge < -0.3 is 20.1 Å². The molecule has 0 bridgehead atoms. The van der Waals surface area contributed by atoms with E-state index < -0.39 is 0 Å². The number of piperazine rings is 1. The molecule has 0 radical (unpaired) electrons. The van der Waals surface area contributed by atoms with Crippen LogP contribution in [0.2, 0.25) is 0 Å². The first-order chi connectivity index (χ1) is 13.2. The lowest BCUT2D eigenvalue weighted by molar-refractivity contribution is 0.102. The van der Waals surface area contributed by atoms with Crippen LogP contribution in [-0.4, -0.2) is 48.5 Å². The first-order valence-corrected chi connectivity index (χ1v) is 10.1. The number of aromatic amines is 1. The Balaban J connectivity index is 1.57. The lowest BCUT2D eigenvalue weighted by Gasteiger charge is -2.36. The average Bonchev–Trinajstić information content (AvgIpc) is 3.06. The molecule has 2 heterocycles. The number of anilines is 2. The van der Waals surface area contributed by atoms with Gasteiger partial charge in [0.1, 0.15) is 5.69 Å². The summed E-state index contributed by atoms with van der Waals surface area (Å²) in [7, 11) is 0. The molecule has 0 spiro atoms. The Kier molecular flexibility index (Phi) is 5.18. The molecular weight excluding hydrogens is 404 g/mol. The predicted molar refractivity (Wildman–Crippen MR) is 115 cm³/mol. The first kappa shape index (κ1) is 18.1. The fraction of sp³-hybridized carbons (Fsp3) is 0.286. The lowest BCUT2D eigenvalue weighted by atomic mass is 10.2. The second-order valence-electron chi connectivity index (χ2n) is 6.75. The molecule has 1 amide bonds. The van der Waals surface area contributed by atoms with Crippen LogP contribution in [0.25, 0.3) is 10.9 Å². The molecule has 0 unspecified atom stereocenters. The minimum atomic E-state index is -0.141. The zero-order valence-corrected chi connectivity index (χ0v) is 16.9. The van der Waals surface area contributed by atoms with Crippen molar-refractivity contribution in [2.45, 2.75) is 6.92 Å². The van der Waals surface area contributed by atoms with Gasteiger partial charge in [-0.1, -0.05) is 37.3 Å². The molecular formula is C21H23BrN4O. The Bertz CT molecular complexity index is 960. The number of fused-ring (bicyclic) bond motifs is 1. The minimum absolute atomic E-state index is 0.141. The lowest BCUT2D eigenvalue weighted by Crippen LogP contribution is -2.46. The normalized spacial score (nSPS) is 15.3. The monoisotopic (exact) mass is 426 g/mol. The molecule has 1 aromatic heterocycles. The summed E-state index contributed by atoms with van der Waals surface area (Å²) in [6.07, 6.45) is 0. The van der Waals surface area contributed by atoms with E-state index in [-0.39, 0.29) is 5.91 Å². The first-order valence-electron chi connectivity index (χ1n) is 9.31. The number of carbonyl (C=O) groups excluding carboxylic acids is 1. The molecule has 0 atom stereocenters. The standard InChI is InChI=1S/C21H23BrN4O/c1-2-25-11-13-26(14-12-25)18-10-6-5-9-17(18)24-21(27)20-19(22)15-7-3-4-8-16(15)23-20/h3-10,23H,2,11-14H2,1H3,(H,24,27). The van der Waals surface area contributed by atoms with Crippen LogP contribution in [0.1, 0.15) is 17.4 Å². The van der Waals surface area contributed by atoms with E-state index in [1.54, 1.807) is 0 Å². The fourth-order valence-corrected chi connectivity index (χ4v) is 4.23. The summed E-state index contributed by atoms with van der Waals surface area (Å²) in [5.41, 5.74) is 3.41. The van der Waals surface area contributed by atoms with Crippen molar-refractivity contribution >= 4 is 44.1 Å². The molecule has 5 nitrogen and oxygen atoms in total. The third-order valence-electron chi connectivity index (χ3n) is 5.18. The summed E-state index contributed by atoms with van der Waals surface area (Å²) in [4.78, 5) is 20.9. The quantitative estimate of drug-likeness (QED) is 0.652. The van der Waals surface area contributed by atoms with Gasteiger partial charge >= 0.3 is 0 Å². The number of nitrogens with zero attached hydrogens (tertiary/aromatic N) is 2. The van der Waals surface area contributed by atoms with Crippen molar-refractivity contribution in [3.8, 4) is 0 Å². The Morgan fingerprint density at radius 2 is 1.78 bits per heavy atom. The van der Waals surface area contributed by atoms with Gasteiger partial charge in [-0.25, -0.2) is 0 Å². The maximum Gasteiger partial charge on any atom is 0.273 e. The summed E-state index contributed by atoms with van der Waals surface area (Å²) in [5, 5.41) is 4.10. The Labute approximate surface area is 167 Å². The largest absolute Gasteiger partial charge is 0.367 e. The minimum Gasteiger partial charge on any atom is -0.367 e. The van der Waals surface area contributed by atoms with Crippen LogP contribution in [0.4, 0.5) is 11.4 Å². The average molecular weight is 427 g/mol. The van der Waals surface area contributed by atoms with Crippen LogP contribution in [0.5, 0.6) is 0 Å². The Morgan fingerprint density at radius 3 is 2.52 bits per heavy atom. The molecule has 2 N–H and O–H groups in total. The third kappa shape index (κ3) is 3.59. The van der Waals surface area contributed by atoms with Crippen LogP contribution in [0.15, 0.2) is 53.0 Å². The Morgan fingerprint density at radius 1 is 1.07 bits per heavy atom. The zero-order valence-electron chi connectivity index (χ0n) is 15.3. The summed E-state index contributed by atoms with van der Waals surface area (Å²) in [6.45, 7) is 7.31. The number of hydrogen-bond acceptors (Lipinski definition) is 3. The van der Waals surface area contributed by atoms with Crippen LogP contribution < -0.4 is 10.2 Å². The van der Waals surface area contributed by atoms with Crippen LogP contribution in [-0.2, 0) is 0 Å². The highest BCUT2D eigenvalue weighted by molar-refractivity contribution is 9.10. The van der Waals surface area contributed by atoms with E-state index in [9.17, 15) is 4.79 Å². The van der Waals surface area contributed by atoms with Crippen molar-refractivity contribution in [3.63, 3.8) is 0 Å². The number of H-pyrrole nitrogens is 1. The highest BCUT2D eigenvalue weighted by Gasteiger charge is 2.21. The highest BCUT2D eigenvalue weighted by atomic mass is 79.9. The molecule has 3 aromatic rings. The molecule has 1 aliphatic rings. The molecule has 0 aliphatic carbocycles. The number of benzene rings is 2. The van der Waals surface area contributed by atoms with Crippen LogP contribution in [0, 0.1) is 0 Å². The number of hydrogen-bond donors (Lipinski definition) is 2. The summed E-state index contributed by atoms with van der Waals surface area (Å²) >= 11 is 3.57. The third-order valence-corrected chi connectivity index (χ3v) is 6.01. The molecule has 4 rings (SSSR count). The number of aromatic nitrogens is 1. The molecule has 27 heavy (non-hydrogen) atoms. The van der Waals surface area contributed by atoms with E-state index in [0.29, 0.717) is 5.69 Å². The van der Waals surface area contributed by atoms with Crippen molar-refractivity contribution in [1.82, 2.24) is 9.88 Å². The summed E-state index contributed by atoms with van der Waals surface area (Å²) in [5.74, 6) is -0.141. The van der Waals surface area contributed by atoms with E-state index in [1.165, 1.54) is 0 Å². The number of amides is 1. The van der Waals surface area contributed by atoms with Crippen molar-refractivity contribution in [2.24, 2.45) is 0 Å². The molecule has 1 fully saturated rings. The number of para-hydroxylation sites is 3. The van der Waals surface area contributed by atoms with Crippen molar-refractivity contribution in [2.75, 3.05) is 42.9 Å². The van der Waals surface area contributed by atoms with Gasteiger partial charge in [0.15, 0.2) is 0 Å². The zero-order chi connectivity index (χ0) is 18.8. The second kappa shape index (κ2) is 7.74. The number of rotatable bonds is 4. The van der Waals surface area contributed by atoms with E-state index in [2.05, 4.69) is 49.0 Å². The molecule has 2 aromatic carbocycles. The smallest absolute Gasteiger partial charge is 0.273 e. The Hall–Kier alpha value is -2.31. The summed E-state index contributed by atoms with van der Waals surface area (Å²) < 4.78 is 0.796. The van der Waals surface area contributed by atoms with Crippen molar-refractivity contribution in [3.05, 3.63) is 58.7 Å². The van der Waals surface area contributed by atoms with Crippen LogP contribution in [0.3, 0.4) is 0 Å². The van der Waals surface area contributed by atoms with Gasteiger partial charge in [-0.2, -0.15) is 0 Å². The van der Waals surface area contributed by atoms with E-state index >= 15 is 0 Å². The van der Waals surface area contributed by atoms with Gasteiger partial charge in [0.05, 0.1) is 15.8 Å². The van der Waals surface area contributed by atoms with Gasteiger partial charge in [-0.3, -0.25) is 4.79 Å². The highest BCUT2D eigenvalue weighted by Crippen LogP contribution is 2.30. The van der Waals surface area contributed by atoms with Gasteiger partial charge in [0, 0.05) is 37.1 Å². The number of halogens is 1. The van der Waals surface area contributed by atoms with Crippen LogP contribution >= 0.6 is 15.9 Å². The molecule has 6 heteroatoms. The maximum atomic E-state index is 12.9. The van der Waals surface area contributed by atoms with E-state index in [4.69, 9.17) is 0 Å². The van der Waals surface area contributed by atoms with Gasteiger partial charge in [-0.05, 0) is 40.7 Å². The fourth-order valence-electron chi connectivity index (χ4n) is 3.61. The molecule has 0 saturated carbocycles. The van der Waals surface area contributed by atoms with Crippen molar-refractivity contribution in [1.29, 1.82) is 0 Å². The number of nitrogens with one attached hydrogen (secondary N) is 2. The predicted octanol–water partition coefficient (Wildman–Crippen LogP) is 4.32. The number of likely N-dealkylation sites (N-methyl/N-ethyl adjacent to an activating group) is 1. The second-order valence-corrected chi connectivity index (χ2v) is 7.55. The van der Waals surface area contributed by atoms with E-state index in [0.717, 1.165) is 59.5 Å². The topological polar surface area (TPSA) is 51.4 Å². The number of carbonyl (C=O) groups is 1. The van der Waals surface area contributed by atoms with Gasteiger partial charge in [0.2, 0.25) is 0 Å². The molecule has 1 aliphatic heterocycles. The van der Waals surface area contributed by atoms with E-state index in [1.807, 2.05) is 42.5 Å². The molecule has 140 valence electrons. The van der Waals surface area contributed by atoms with Gasteiger partial charge in [0.25, 0.3) is 5.91 Å². The SMILES string of the molecule is CCN1CCN(c2ccccc2NC(=O)c2[nH]c3ccccc3c2Br)CC1. The van der Waals surface area contributed by atoms with Crippen molar-refractivity contribution < 1.29 is 4.79 Å². The summed E-state index contributed by atoms with van der Waals surface area (Å²) in [6, 6.07) is 15.9.